The third-order valence-corrected chi connectivity index (χ3v) is 1.70. The smallest absolute Gasteiger partial charge is 0.545 e. The monoisotopic (exact) mass is 220 g/mol. The Kier molecular flexibility index (Phi) is 6.14. The summed E-state index contributed by atoms with van der Waals surface area (Å²) >= 11 is 0. The van der Waals surface area contributed by atoms with Crippen molar-refractivity contribution in [2.24, 2.45) is 0 Å². The van der Waals surface area contributed by atoms with Crippen LogP contribution in [0.2, 0.25) is 0 Å². The van der Waals surface area contributed by atoms with Gasteiger partial charge in [-0.05, 0) is 17.2 Å². The van der Waals surface area contributed by atoms with Gasteiger partial charge in [-0.3, -0.25) is 0 Å². The van der Waals surface area contributed by atoms with Crippen LogP contribution < -0.4 is 34.7 Å². The van der Waals surface area contributed by atoms with Crippen LogP contribution in [0.25, 0.3) is 6.08 Å². The Balaban J connectivity index is 0.00000225. The maximum Gasteiger partial charge on any atom is 1.00 e. The molecular formula is C11H5N2NaO2. The molecule has 16 heavy (non-hydrogen) atoms. The van der Waals surface area contributed by atoms with Crippen molar-refractivity contribution in [2.45, 2.75) is 0 Å². The molecule has 0 heterocycles. The van der Waals surface area contributed by atoms with E-state index in [-0.39, 0.29) is 40.7 Å². The Hall–Kier alpha value is -1.59. The number of carboxylic acids is 1. The fourth-order valence-corrected chi connectivity index (χ4v) is 0.972. The predicted octanol–water partition coefficient (Wildman–Crippen LogP) is -2.52. The number of carbonyl (C=O) groups is 1. The van der Waals surface area contributed by atoms with Crippen molar-refractivity contribution >= 4 is 12.0 Å². The summed E-state index contributed by atoms with van der Waals surface area (Å²) < 4.78 is 0. The van der Waals surface area contributed by atoms with E-state index in [1.807, 2.05) is 0 Å². The van der Waals surface area contributed by atoms with Crippen molar-refractivity contribution in [2.75, 3.05) is 0 Å². The second-order valence-electron chi connectivity index (χ2n) is 2.69. The van der Waals surface area contributed by atoms with E-state index in [9.17, 15) is 9.90 Å². The van der Waals surface area contributed by atoms with Crippen molar-refractivity contribution < 1.29 is 39.5 Å². The second-order valence-corrected chi connectivity index (χ2v) is 2.69. The number of nitrogens with zero attached hydrogens (tertiary/aromatic N) is 2. The van der Waals surface area contributed by atoms with E-state index in [2.05, 4.69) is 0 Å². The van der Waals surface area contributed by atoms with Crippen LogP contribution in [0, 0.1) is 22.7 Å². The van der Waals surface area contributed by atoms with Gasteiger partial charge in [-0.2, -0.15) is 10.5 Å². The molecule has 0 aliphatic rings. The molecule has 0 aliphatic heterocycles. The van der Waals surface area contributed by atoms with E-state index in [0.29, 0.717) is 5.56 Å². The summed E-state index contributed by atoms with van der Waals surface area (Å²) in [5.74, 6) is -1.26. The summed E-state index contributed by atoms with van der Waals surface area (Å²) in [5, 5.41) is 27.4. The standard InChI is InChI=1S/C11H6N2O2.Na/c12-6-9(7-13)5-8-1-3-10(4-2-8)11(14)15;/h1-5H,(H,14,15);/q;+1/p-1. The van der Waals surface area contributed by atoms with Gasteiger partial charge in [-0.25, -0.2) is 0 Å². The molecule has 0 amide bonds. The number of hydrogen-bond donors (Lipinski definition) is 0. The summed E-state index contributed by atoms with van der Waals surface area (Å²) in [6.07, 6.45) is 1.37. The van der Waals surface area contributed by atoms with E-state index in [1.54, 1.807) is 12.1 Å². The van der Waals surface area contributed by atoms with Crippen LogP contribution >= 0.6 is 0 Å². The van der Waals surface area contributed by atoms with Gasteiger partial charge in [0.25, 0.3) is 0 Å². The third-order valence-electron chi connectivity index (χ3n) is 1.70. The minimum absolute atomic E-state index is 0. The first-order chi connectivity index (χ1) is 7.17. The van der Waals surface area contributed by atoms with Crippen molar-refractivity contribution in [1.82, 2.24) is 0 Å². The van der Waals surface area contributed by atoms with Gasteiger partial charge in [0.2, 0.25) is 0 Å². The first kappa shape index (κ1) is 14.4. The largest absolute Gasteiger partial charge is 1.00 e. The quantitative estimate of drug-likeness (QED) is 0.406. The fraction of sp³-hybridized carbons (Fsp3) is 0. The Morgan fingerprint density at radius 2 is 1.69 bits per heavy atom. The topological polar surface area (TPSA) is 87.7 Å². The molecule has 0 aliphatic carbocycles. The minimum Gasteiger partial charge on any atom is -0.545 e. The SMILES string of the molecule is N#CC(C#N)=Cc1ccc(C(=O)[O-])cc1.[Na+]. The maximum atomic E-state index is 10.4. The van der Waals surface area contributed by atoms with Crippen molar-refractivity contribution in [3.8, 4) is 12.1 Å². The molecule has 0 N–H and O–H groups in total. The predicted molar refractivity (Wildman–Crippen MR) is 50.0 cm³/mol. The zero-order valence-corrected chi connectivity index (χ0v) is 10.6. The molecule has 0 atom stereocenters. The molecule has 1 rings (SSSR count). The van der Waals surface area contributed by atoms with Crippen molar-refractivity contribution in [3.63, 3.8) is 0 Å². The zero-order valence-electron chi connectivity index (χ0n) is 8.60. The van der Waals surface area contributed by atoms with E-state index in [0.717, 1.165) is 0 Å². The van der Waals surface area contributed by atoms with E-state index in [1.165, 1.54) is 30.3 Å². The summed E-state index contributed by atoms with van der Waals surface area (Å²) in [6, 6.07) is 9.13. The number of allylic oxidation sites excluding steroid dienone is 1. The minimum atomic E-state index is -1.26. The molecule has 0 fully saturated rings. The van der Waals surface area contributed by atoms with Crippen LogP contribution in [0.5, 0.6) is 0 Å². The molecule has 72 valence electrons. The van der Waals surface area contributed by atoms with Gasteiger partial charge >= 0.3 is 29.6 Å². The Labute approximate surface area is 115 Å². The molecule has 0 saturated carbocycles. The molecule has 1 aromatic carbocycles. The van der Waals surface area contributed by atoms with Crippen LogP contribution in [0.4, 0.5) is 0 Å². The molecule has 0 unspecified atom stereocenters. The summed E-state index contributed by atoms with van der Waals surface area (Å²) in [5.41, 5.74) is 0.622. The number of nitriles is 2. The molecule has 0 aromatic heterocycles. The Bertz CT molecular complexity index is 476. The number of rotatable bonds is 2. The maximum absolute atomic E-state index is 10.4. The van der Waals surface area contributed by atoms with Gasteiger partial charge < -0.3 is 9.90 Å². The molecule has 0 saturated heterocycles. The third kappa shape index (κ3) is 3.88. The molecule has 5 heteroatoms. The molecule has 4 nitrogen and oxygen atoms in total. The van der Waals surface area contributed by atoms with Gasteiger partial charge in [-0.15, -0.1) is 0 Å². The normalized spacial score (nSPS) is 7.88. The van der Waals surface area contributed by atoms with Crippen molar-refractivity contribution in [1.29, 1.82) is 10.5 Å². The van der Waals surface area contributed by atoms with E-state index < -0.39 is 5.97 Å². The Morgan fingerprint density at radius 1 is 1.19 bits per heavy atom. The number of benzene rings is 1. The molecule has 0 radical (unpaired) electrons. The average Bonchev–Trinajstić information content (AvgIpc) is 2.26. The molecule has 1 aromatic rings. The number of carboxylic acid groups (broad SMARTS) is 1. The zero-order chi connectivity index (χ0) is 11.3. The summed E-state index contributed by atoms with van der Waals surface area (Å²) in [7, 11) is 0. The first-order valence-electron chi connectivity index (χ1n) is 4.00. The van der Waals surface area contributed by atoms with Gasteiger partial charge in [0, 0.05) is 0 Å². The van der Waals surface area contributed by atoms with E-state index in [4.69, 9.17) is 10.5 Å². The van der Waals surface area contributed by atoms with Crippen LogP contribution in [-0.2, 0) is 0 Å². The molecule has 0 bridgehead atoms. The fourth-order valence-electron chi connectivity index (χ4n) is 0.972. The summed E-state index contributed by atoms with van der Waals surface area (Å²) in [6.45, 7) is 0. The molecule has 0 spiro atoms. The van der Waals surface area contributed by atoms with Gasteiger partial charge in [0.05, 0.1) is 5.97 Å². The average molecular weight is 220 g/mol. The van der Waals surface area contributed by atoms with E-state index >= 15 is 0 Å². The van der Waals surface area contributed by atoms with Gasteiger partial charge in [0.1, 0.15) is 17.7 Å². The number of carbonyl (C=O) groups excluding carboxylic acids is 1. The second kappa shape index (κ2) is 6.81. The van der Waals surface area contributed by atoms with Crippen LogP contribution in [-0.4, -0.2) is 5.97 Å². The number of aromatic carboxylic acids is 1. The summed E-state index contributed by atoms with van der Waals surface area (Å²) in [4.78, 5) is 10.4. The first-order valence-corrected chi connectivity index (χ1v) is 4.00. The van der Waals surface area contributed by atoms with Crippen LogP contribution in [0.15, 0.2) is 29.8 Å². The molecular weight excluding hydrogens is 215 g/mol. The van der Waals surface area contributed by atoms with Gasteiger partial charge in [0.15, 0.2) is 0 Å². The van der Waals surface area contributed by atoms with Crippen LogP contribution in [0.3, 0.4) is 0 Å². The Morgan fingerprint density at radius 3 is 2.06 bits per heavy atom. The van der Waals surface area contributed by atoms with Gasteiger partial charge in [-0.1, -0.05) is 24.3 Å². The number of hydrogen-bond acceptors (Lipinski definition) is 4. The van der Waals surface area contributed by atoms with Crippen LogP contribution in [0.1, 0.15) is 15.9 Å². The van der Waals surface area contributed by atoms with Crippen molar-refractivity contribution in [3.05, 3.63) is 41.0 Å².